The summed E-state index contributed by atoms with van der Waals surface area (Å²) >= 11 is 6.31. The van der Waals surface area contributed by atoms with E-state index in [9.17, 15) is 0 Å². The smallest absolute Gasteiger partial charge is 0.106 e. The molecule has 0 aromatic carbocycles. The van der Waals surface area contributed by atoms with Crippen LogP contribution in [-0.2, 0) is 6.54 Å². The summed E-state index contributed by atoms with van der Waals surface area (Å²) in [5, 5.41) is 9.39. The number of halogens is 1. The fourth-order valence-corrected chi connectivity index (χ4v) is 2.63. The van der Waals surface area contributed by atoms with Gasteiger partial charge in [0, 0.05) is 12.6 Å². The van der Waals surface area contributed by atoms with Crippen molar-refractivity contribution in [3.05, 3.63) is 34.4 Å². The summed E-state index contributed by atoms with van der Waals surface area (Å²) in [4.78, 5) is 0. The number of hydrogen-bond acceptors (Lipinski definition) is 4. The van der Waals surface area contributed by atoms with Gasteiger partial charge in [-0.25, -0.2) is 5.43 Å². The van der Waals surface area contributed by atoms with Crippen LogP contribution < -0.4 is 11.3 Å². The SMILES string of the molecule is CCn1nc(C)cc1C(NN)c1c(Cl)cnn1C(C)C. The molecule has 1 unspecified atom stereocenters. The number of nitrogens with one attached hydrogen (secondary N) is 1. The van der Waals surface area contributed by atoms with E-state index in [1.807, 2.05) is 29.3 Å². The highest BCUT2D eigenvalue weighted by molar-refractivity contribution is 6.31. The van der Waals surface area contributed by atoms with Crippen LogP contribution in [0.2, 0.25) is 5.02 Å². The van der Waals surface area contributed by atoms with E-state index in [2.05, 4.69) is 29.5 Å². The Morgan fingerprint density at radius 3 is 2.70 bits per heavy atom. The van der Waals surface area contributed by atoms with Crippen LogP contribution in [0.25, 0.3) is 0 Å². The molecule has 2 rings (SSSR count). The van der Waals surface area contributed by atoms with Crippen molar-refractivity contribution >= 4 is 11.6 Å². The van der Waals surface area contributed by atoms with E-state index in [0.717, 1.165) is 23.6 Å². The van der Waals surface area contributed by atoms with Gasteiger partial charge in [-0.2, -0.15) is 10.2 Å². The Labute approximate surface area is 123 Å². The summed E-state index contributed by atoms with van der Waals surface area (Å²) in [6.45, 7) is 8.90. The zero-order chi connectivity index (χ0) is 14.9. The van der Waals surface area contributed by atoms with Crippen molar-refractivity contribution in [2.75, 3.05) is 0 Å². The molecule has 0 bridgehead atoms. The minimum absolute atomic E-state index is 0.201. The maximum atomic E-state index is 6.31. The Bertz CT molecular complexity index is 586. The molecule has 0 aliphatic rings. The van der Waals surface area contributed by atoms with Crippen LogP contribution in [0.15, 0.2) is 12.3 Å². The highest BCUT2D eigenvalue weighted by atomic mass is 35.5. The van der Waals surface area contributed by atoms with Crippen LogP contribution in [-0.4, -0.2) is 19.6 Å². The molecule has 0 spiro atoms. The van der Waals surface area contributed by atoms with Gasteiger partial charge in [-0.15, -0.1) is 0 Å². The van der Waals surface area contributed by atoms with Crippen molar-refractivity contribution in [1.82, 2.24) is 25.0 Å². The second kappa shape index (κ2) is 5.95. The number of nitrogens with two attached hydrogens (primary N) is 1. The summed E-state index contributed by atoms with van der Waals surface area (Å²) in [6, 6.07) is 1.98. The van der Waals surface area contributed by atoms with Crippen molar-refractivity contribution in [1.29, 1.82) is 0 Å². The Balaban J connectivity index is 2.55. The van der Waals surface area contributed by atoms with E-state index < -0.39 is 0 Å². The topological polar surface area (TPSA) is 73.7 Å². The first-order valence-electron chi connectivity index (χ1n) is 6.72. The molecule has 1 atom stereocenters. The fraction of sp³-hybridized carbons (Fsp3) is 0.538. The summed E-state index contributed by atoms with van der Waals surface area (Å²) in [6.07, 6.45) is 1.65. The third kappa shape index (κ3) is 2.59. The summed E-state index contributed by atoms with van der Waals surface area (Å²) in [5.41, 5.74) is 5.63. The number of nitrogens with zero attached hydrogens (tertiary/aromatic N) is 4. The first-order chi connectivity index (χ1) is 9.49. The molecule has 0 aliphatic heterocycles. The number of hydrazine groups is 1. The molecule has 0 radical (unpaired) electrons. The Kier molecular flexibility index (Phi) is 4.47. The van der Waals surface area contributed by atoms with Crippen LogP contribution in [0.4, 0.5) is 0 Å². The van der Waals surface area contributed by atoms with Gasteiger partial charge in [0.25, 0.3) is 0 Å². The summed E-state index contributed by atoms with van der Waals surface area (Å²) in [5.74, 6) is 5.78. The lowest BCUT2D eigenvalue weighted by Crippen LogP contribution is -2.33. The predicted octanol–water partition coefficient (Wildman–Crippen LogP) is 2.19. The zero-order valence-corrected chi connectivity index (χ0v) is 13.0. The zero-order valence-electron chi connectivity index (χ0n) is 12.3. The summed E-state index contributed by atoms with van der Waals surface area (Å²) in [7, 11) is 0. The first-order valence-corrected chi connectivity index (χ1v) is 7.10. The Morgan fingerprint density at radius 1 is 1.45 bits per heavy atom. The number of rotatable bonds is 5. The average molecular weight is 297 g/mol. The molecule has 3 N–H and O–H groups in total. The Hall–Kier alpha value is -1.37. The van der Waals surface area contributed by atoms with Crippen molar-refractivity contribution in [3.63, 3.8) is 0 Å². The maximum absolute atomic E-state index is 6.31. The largest absolute Gasteiger partial charge is 0.270 e. The van der Waals surface area contributed by atoms with Gasteiger partial charge in [0.1, 0.15) is 6.04 Å². The van der Waals surface area contributed by atoms with Gasteiger partial charge in [-0.05, 0) is 33.8 Å². The number of aromatic nitrogens is 4. The highest BCUT2D eigenvalue weighted by Gasteiger charge is 2.25. The molecule has 0 amide bonds. The Morgan fingerprint density at radius 2 is 2.15 bits per heavy atom. The van der Waals surface area contributed by atoms with Gasteiger partial charge < -0.3 is 0 Å². The fourth-order valence-electron chi connectivity index (χ4n) is 2.39. The number of aryl methyl sites for hydroxylation is 2. The van der Waals surface area contributed by atoms with Crippen molar-refractivity contribution < 1.29 is 0 Å². The molecule has 0 saturated carbocycles. The number of hydrogen-bond donors (Lipinski definition) is 2. The average Bonchev–Trinajstić information content (AvgIpc) is 2.95. The summed E-state index contributed by atoms with van der Waals surface area (Å²) < 4.78 is 3.81. The van der Waals surface area contributed by atoms with Crippen LogP contribution in [0.1, 0.15) is 49.9 Å². The third-order valence-corrected chi connectivity index (χ3v) is 3.54. The maximum Gasteiger partial charge on any atom is 0.106 e. The van der Waals surface area contributed by atoms with E-state index in [4.69, 9.17) is 17.4 Å². The van der Waals surface area contributed by atoms with Crippen molar-refractivity contribution in [3.8, 4) is 0 Å². The third-order valence-electron chi connectivity index (χ3n) is 3.24. The lowest BCUT2D eigenvalue weighted by molar-refractivity contribution is 0.459. The molecular weight excluding hydrogens is 276 g/mol. The molecule has 7 heteroatoms. The molecule has 0 saturated heterocycles. The molecular formula is C13H21ClN6. The standard InChI is InChI=1S/C13H21ClN6/c1-5-19-11(6-9(4)18-19)12(17-15)13-10(14)7-16-20(13)8(2)3/h6-8,12,17H,5,15H2,1-4H3. The van der Waals surface area contributed by atoms with E-state index in [0.29, 0.717) is 5.02 Å². The van der Waals surface area contributed by atoms with E-state index in [1.54, 1.807) is 6.20 Å². The van der Waals surface area contributed by atoms with Gasteiger partial charge in [-0.3, -0.25) is 15.2 Å². The highest BCUT2D eigenvalue weighted by Crippen LogP contribution is 2.30. The molecule has 2 aromatic rings. The second-order valence-corrected chi connectivity index (χ2v) is 5.45. The van der Waals surface area contributed by atoms with Crippen molar-refractivity contribution in [2.24, 2.45) is 5.84 Å². The molecule has 6 nitrogen and oxygen atoms in total. The van der Waals surface area contributed by atoms with E-state index >= 15 is 0 Å². The molecule has 20 heavy (non-hydrogen) atoms. The van der Waals surface area contributed by atoms with Gasteiger partial charge in [0.05, 0.1) is 28.3 Å². The molecule has 0 aliphatic carbocycles. The second-order valence-electron chi connectivity index (χ2n) is 5.04. The van der Waals surface area contributed by atoms with Gasteiger partial charge in [0.2, 0.25) is 0 Å². The lowest BCUT2D eigenvalue weighted by atomic mass is 10.1. The predicted molar refractivity (Wildman–Crippen MR) is 79.4 cm³/mol. The molecule has 0 fully saturated rings. The van der Waals surface area contributed by atoms with E-state index in [1.165, 1.54) is 0 Å². The normalized spacial score (nSPS) is 13.2. The van der Waals surface area contributed by atoms with Gasteiger partial charge >= 0.3 is 0 Å². The van der Waals surface area contributed by atoms with Gasteiger partial charge in [-0.1, -0.05) is 11.6 Å². The monoisotopic (exact) mass is 296 g/mol. The van der Waals surface area contributed by atoms with Crippen LogP contribution in [0.5, 0.6) is 0 Å². The molecule has 2 heterocycles. The molecule has 110 valence electrons. The van der Waals surface area contributed by atoms with Gasteiger partial charge in [0.15, 0.2) is 0 Å². The van der Waals surface area contributed by atoms with E-state index in [-0.39, 0.29) is 12.1 Å². The van der Waals surface area contributed by atoms with Crippen LogP contribution in [0.3, 0.4) is 0 Å². The first kappa shape index (κ1) is 15.0. The molecule has 2 aromatic heterocycles. The minimum Gasteiger partial charge on any atom is -0.270 e. The quantitative estimate of drug-likeness (QED) is 0.655. The van der Waals surface area contributed by atoms with Crippen LogP contribution in [0, 0.1) is 6.92 Å². The van der Waals surface area contributed by atoms with Crippen LogP contribution >= 0.6 is 11.6 Å². The van der Waals surface area contributed by atoms with Crippen molar-refractivity contribution in [2.45, 2.75) is 46.3 Å². The minimum atomic E-state index is -0.242. The lowest BCUT2D eigenvalue weighted by Gasteiger charge is -2.21.